The third-order valence-electron chi connectivity index (χ3n) is 1.46. The molecule has 0 amide bonds. The molecule has 0 aliphatic heterocycles. The van der Waals surface area contributed by atoms with Gasteiger partial charge in [-0.05, 0) is 13.0 Å². The lowest BCUT2D eigenvalue weighted by atomic mass is 10.0. The third-order valence-corrected chi connectivity index (χ3v) is 1.71. The van der Waals surface area contributed by atoms with Gasteiger partial charge in [0, 0.05) is 17.7 Å². The first-order valence-electron chi connectivity index (χ1n) is 4.05. The van der Waals surface area contributed by atoms with Crippen LogP contribution in [0.25, 0.3) is 0 Å². The topological polar surface area (TPSA) is 29.4 Å². The normalized spacial score (nSPS) is 13.3. The van der Waals surface area contributed by atoms with Crippen LogP contribution in [0.5, 0.6) is 0 Å². The van der Waals surface area contributed by atoms with Crippen molar-refractivity contribution in [2.24, 2.45) is 10.9 Å². The highest BCUT2D eigenvalue weighted by atomic mass is 35.5. The van der Waals surface area contributed by atoms with Crippen molar-refractivity contribution in [2.75, 3.05) is 0 Å². The SMILES string of the molecule is C=CC(Cl)=N/C=C(\C)C(=O)C(C)C. The van der Waals surface area contributed by atoms with Gasteiger partial charge in [0.05, 0.1) is 0 Å². The van der Waals surface area contributed by atoms with Crippen molar-refractivity contribution in [1.82, 2.24) is 0 Å². The number of Topliss-reactive ketones (excluding diaryl/α,β-unsaturated/α-hetero) is 1. The highest BCUT2D eigenvalue weighted by Gasteiger charge is 2.08. The fourth-order valence-corrected chi connectivity index (χ4v) is 0.779. The van der Waals surface area contributed by atoms with Crippen LogP contribution in [0.15, 0.2) is 29.4 Å². The Kier molecular flexibility index (Phi) is 5.31. The fraction of sp³-hybridized carbons (Fsp3) is 0.400. The van der Waals surface area contributed by atoms with Crippen molar-refractivity contribution in [1.29, 1.82) is 0 Å². The summed E-state index contributed by atoms with van der Waals surface area (Å²) in [5.74, 6) is 0.0752. The molecule has 2 nitrogen and oxygen atoms in total. The lowest BCUT2D eigenvalue weighted by molar-refractivity contribution is -0.118. The highest BCUT2D eigenvalue weighted by Crippen LogP contribution is 2.05. The predicted octanol–water partition coefficient (Wildman–Crippen LogP) is 2.94. The minimum Gasteiger partial charge on any atom is -0.294 e. The molecule has 0 aliphatic rings. The number of aliphatic imine (C=N–C) groups is 1. The maximum atomic E-state index is 11.3. The second-order valence-electron chi connectivity index (χ2n) is 2.99. The zero-order chi connectivity index (χ0) is 10.4. The number of hydrogen-bond donors (Lipinski definition) is 0. The number of hydrogen-bond acceptors (Lipinski definition) is 2. The van der Waals surface area contributed by atoms with E-state index < -0.39 is 0 Å². The Labute approximate surface area is 84.0 Å². The average molecular weight is 200 g/mol. The van der Waals surface area contributed by atoms with E-state index in [2.05, 4.69) is 11.6 Å². The Balaban J connectivity index is 4.51. The van der Waals surface area contributed by atoms with Crippen LogP contribution in [0.4, 0.5) is 0 Å². The molecule has 0 aromatic heterocycles. The van der Waals surface area contributed by atoms with Crippen LogP contribution in [0.2, 0.25) is 0 Å². The Morgan fingerprint density at radius 1 is 1.54 bits per heavy atom. The van der Waals surface area contributed by atoms with Crippen molar-refractivity contribution in [3.05, 3.63) is 24.4 Å². The molecular formula is C10H14ClNO. The molecule has 0 atom stereocenters. The molecule has 0 saturated heterocycles. The number of ketones is 1. The first-order chi connectivity index (χ1) is 5.99. The molecule has 0 rings (SSSR count). The molecule has 72 valence electrons. The Hall–Kier alpha value is -0.890. The molecular weight excluding hydrogens is 186 g/mol. The van der Waals surface area contributed by atoms with Gasteiger partial charge in [-0.15, -0.1) is 0 Å². The van der Waals surface area contributed by atoms with Gasteiger partial charge in [0.1, 0.15) is 5.17 Å². The van der Waals surface area contributed by atoms with Crippen molar-refractivity contribution >= 4 is 22.6 Å². The molecule has 0 saturated carbocycles. The summed E-state index contributed by atoms with van der Waals surface area (Å²) in [4.78, 5) is 15.2. The Bertz CT molecular complexity index is 264. The number of halogens is 1. The molecule has 13 heavy (non-hydrogen) atoms. The van der Waals surface area contributed by atoms with Gasteiger partial charge in [0.25, 0.3) is 0 Å². The summed E-state index contributed by atoms with van der Waals surface area (Å²) in [6, 6.07) is 0. The summed E-state index contributed by atoms with van der Waals surface area (Å²) >= 11 is 5.57. The van der Waals surface area contributed by atoms with Crippen LogP contribution in [0.3, 0.4) is 0 Å². The van der Waals surface area contributed by atoms with Crippen LogP contribution >= 0.6 is 11.6 Å². The van der Waals surface area contributed by atoms with Crippen molar-refractivity contribution in [2.45, 2.75) is 20.8 Å². The van der Waals surface area contributed by atoms with E-state index in [9.17, 15) is 4.79 Å². The largest absolute Gasteiger partial charge is 0.294 e. The summed E-state index contributed by atoms with van der Waals surface area (Å²) in [5, 5.41) is 0.288. The minimum absolute atomic E-state index is 0.00560. The maximum Gasteiger partial charge on any atom is 0.162 e. The molecule has 0 spiro atoms. The van der Waals surface area contributed by atoms with E-state index in [1.807, 2.05) is 13.8 Å². The van der Waals surface area contributed by atoms with Gasteiger partial charge in [-0.2, -0.15) is 0 Å². The predicted molar refractivity (Wildman–Crippen MR) is 57.1 cm³/mol. The van der Waals surface area contributed by atoms with Gasteiger partial charge in [-0.3, -0.25) is 4.79 Å². The molecule has 0 aliphatic carbocycles. The van der Waals surface area contributed by atoms with Crippen LogP contribution in [-0.2, 0) is 4.79 Å². The molecule has 0 aromatic carbocycles. The molecule has 0 bridgehead atoms. The van der Waals surface area contributed by atoms with Crippen LogP contribution in [0, 0.1) is 5.92 Å². The maximum absolute atomic E-state index is 11.3. The monoisotopic (exact) mass is 199 g/mol. The molecule has 0 aromatic rings. The molecule has 0 unspecified atom stereocenters. The summed E-state index contributed by atoms with van der Waals surface area (Å²) in [6.45, 7) is 8.85. The summed E-state index contributed by atoms with van der Waals surface area (Å²) in [6.07, 6.45) is 2.89. The van der Waals surface area contributed by atoms with Gasteiger partial charge in [0.15, 0.2) is 5.78 Å². The standard InChI is InChI=1S/C10H14ClNO/c1-5-9(11)12-6-8(4)10(13)7(2)3/h5-7H,1H2,2-4H3/b8-6+,12-9?. The van der Waals surface area contributed by atoms with Gasteiger partial charge < -0.3 is 0 Å². The molecule has 0 N–H and O–H groups in total. The number of carbonyl (C=O) groups excluding carboxylic acids is 1. The van der Waals surface area contributed by atoms with Crippen molar-refractivity contribution < 1.29 is 4.79 Å². The van der Waals surface area contributed by atoms with E-state index >= 15 is 0 Å². The van der Waals surface area contributed by atoms with E-state index in [1.54, 1.807) is 6.92 Å². The summed E-state index contributed by atoms with van der Waals surface area (Å²) < 4.78 is 0. The van der Waals surface area contributed by atoms with Crippen molar-refractivity contribution in [3.8, 4) is 0 Å². The number of allylic oxidation sites excluding steroid dienone is 2. The van der Waals surface area contributed by atoms with E-state index in [4.69, 9.17) is 11.6 Å². The number of nitrogens with zero attached hydrogens (tertiary/aromatic N) is 1. The Morgan fingerprint density at radius 3 is 2.46 bits per heavy atom. The van der Waals surface area contributed by atoms with E-state index in [1.165, 1.54) is 12.3 Å². The second-order valence-corrected chi connectivity index (χ2v) is 3.37. The molecule has 3 heteroatoms. The van der Waals surface area contributed by atoms with E-state index in [0.717, 1.165) is 0 Å². The molecule has 0 fully saturated rings. The first kappa shape index (κ1) is 12.1. The number of carbonyl (C=O) groups is 1. The van der Waals surface area contributed by atoms with E-state index in [0.29, 0.717) is 5.57 Å². The third kappa shape index (κ3) is 4.63. The molecule has 0 heterocycles. The van der Waals surface area contributed by atoms with Crippen LogP contribution < -0.4 is 0 Å². The van der Waals surface area contributed by atoms with Crippen molar-refractivity contribution in [3.63, 3.8) is 0 Å². The van der Waals surface area contributed by atoms with Crippen LogP contribution in [-0.4, -0.2) is 11.0 Å². The summed E-state index contributed by atoms with van der Waals surface area (Å²) in [5.41, 5.74) is 0.606. The smallest absolute Gasteiger partial charge is 0.162 e. The lowest BCUT2D eigenvalue weighted by Gasteiger charge is -2.01. The van der Waals surface area contributed by atoms with Gasteiger partial charge in [0.2, 0.25) is 0 Å². The zero-order valence-electron chi connectivity index (χ0n) is 8.17. The average Bonchev–Trinajstić information content (AvgIpc) is 2.11. The highest BCUT2D eigenvalue weighted by molar-refractivity contribution is 6.68. The summed E-state index contributed by atoms with van der Waals surface area (Å²) in [7, 11) is 0. The molecule has 0 radical (unpaired) electrons. The zero-order valence-corrected chi connectivity index (χ0v) is 8.93. The van der Waals surface area contributed by atoms with Gasteiger partial charge in [-0.1, -0.05) is 32.0 Å². The van der Waals surface area contributed by atoms with Gasteiger partial charge >= 0.3 is 0 Å². The fourth-order valence-electron chi connectivity index (χ4n) is 0.730. The first-order valence-corrected chi connectivity index (χ1v) is 4.43. The number of rotatable bonds is 4. The quantitative estimate of drug-likeness (QED) is 0.506. The van der Waals surface area contributed by atoms with Gasteiger partial charge in [-0.25, -0.2) is 4.99 Å². The second kappa shape index (κ2) is 5.70. The minimum atomic E-state index is -0.00560. The lowest BCUT2D eigenvalue weighted by Crippen LogP contribution is -2.07. The van der Waals surface area contributed by atoms with E-state index in [-0.39, 0.29) is 16.9 Å². The Morgan fingerprint density at radius 2 is 2.08 bits per heavy atom. The van der Waals surface area contributed by atoms with Crippen LogP contribution in [0.1, 0.15) is 20.8 Å².